The van der Waals surface area contributed by atoms with Gasteiger partial charge in [-0.15, -0.1) is 11.6 Å². The summed E-state index contributed by atoms with van der Waals surface area (Å²) in [4.78, 5) is 0. The Balaban J connectivity index is 1.81. The van der Waals surface area contributed by atoms with Crippen LogP contribution in [0.25, 0.3) is 0 Å². The Labute approximate surface area is 126 Å². The van der Waals surface area contributed by atoms with Crippen LogP contribution >= 0.6 is 11.6 Å². The number of ether oxygens (including phenoxy) is 1. The van der Waals surface area contributed by atoms with Crippen LogP contribution in [-0.4, -0.2) is 12.5 Å². The molecule has 1 unspecified atom stereocenters. The molecule has 0 amide bonds. The van der Waals surface area contributed by atoms with Crippen molar-refractivity contribution in [3.05, 3.63) is 65.7 Å². The summed E-state index contributed by atoms with van der Waals surface area (Å²) in [7, 11) is 0. The SMILES string of the molecule is Cc1ccccc1C(CCl)CCCOc1ccccc1. The van der Waals surface area contributed by atoms with Gasteiger partial charge in [-0.2, -0.15) is 0 Å². The standard InChI is InChI=1S/C18H21ClO/c1-15-8-5-6-12-18(15)16(14-19)9-7-13-20-17-10-3-2-4-11-17/h2-6,8,10-12,16H,7,9,13-14H2,1H3. The van der Waals surface area contributed by atoms with E-state index in [4.69, 9.17) is 16.3 Å². The minimum atomic E-state index is 0.414. The zero-order valence-electron chi connectivity index (χ0n) is 11.9. The Morgan fingerprint density at radius 3 is 2.40 bits per heavy atom. The van der Waals surface area contributed by atoms with Crippen molar-refractivity contribution >= 4 is 11.6 Å². The molecule has 0 saturated heterocycles. The number of hydrogen-bond acceptors (Lipinski definition) is 1. The van der Waals surface area contributed by atoms with Crippen LogP contribution in [0.3, 0.4) is 0 Å². The Kier molecular flexibility index (Phi) is 5.94. The molecule has 0 bridgehead atoms. The van der Waals surface area contributed by atoms with Crippen LogP contribution in [0.15, 0.2) is 54.6 Å². The first-order valence-electron chi connectivity index (χ1n) is 7.10. The molecule has 20 heavy (non-hydrogen) atoms. The number of rotatable bonds is 7. The van der Waals surface area contributed by atoms with Crippen LogP contribution in [0.2, 0.25) is 0 Å². The molecule has 0 aliphatic rings. The average molecular weight is 289 g/mol. The van der Waals surface area contributed by atoms with Gasteiger partial charge in [-0.1, -0.05) is 42.5 Å². The highest BCUT2D eigenvalue weighted by atomic mass is 35.5. The lowest BCUT2D eigenvalue weighted by Crippen LogP contribution is -2.06. The lowest BCUT2D eigenvalue weighted by atomic mass is 9.92. The Bertz CT molecular complexity index is 510. The Hall–Kier alpha value is -1.47. The largest absolute Gasteiger partial charge is 0.494 e. The maximum absolute atomic E-state index is 6.13. The first-order valence-corrected chi connectivity index (χ1v) is 7.64. The number of hydrogen-bond donors (Lipinski definition) is 0. The maximum Gasteiger partial charge on any atom is 0.119 e. The van der Waals surface area contributed by atoms with E-state index in [1.165, 1.54) is 11.1 Å². The third-order valence-electron chi connectivity index (χ3n) is 3.52. The van der Waals surface area contributed by atoms with Crippen molar-refractivity contribution in [1.29, 1.82) is 0 Å². The molecule has 2 aromatic rings. The van der Waals surface area contributed by atoms with Crippen molar-refractivity contribution in [3.63, 3.8) is 0 Å². The molecule has 2 rings (SSSR count). The van der Waals surface area contributed by atoms with Gasteiger partial charge in [-0.05, 0) is 48.9 Å². The Morgan fingerprint density at radius 2 is 1.70 bits per heavy atom. The van der Waals surface area contributed by atoms with Gasteiger partial charge in [0.1, 0.15) is 5.75 Å². The predicted molar refractivity (Wildman–Crippen MR) is 85.8 cm³/mol. The summed E-state index contributed by atoms with van der Waals surface area (Å²) in [5, 5.41) is 0. The van der Waals surface area contributed by atoms with Gasteiger partial charge in [0.2, 0.25) is 0 Å². The number of benzene rings is 2. The zero-order valence-corrected chi connectivity index (χ0v) is 12.6. The second-order valence-electron chi connectivity index (χ2n) is 5.01. The summed E-state index contributed by atoms with van der Waals surface area (Å²) in [6.45, 7) is 2.89. The molecule has 2 aromatic carbocycles. The second-order valence-corrected chi connectivity index (χ2v) is 5.32. The highest BCUT2D eigenvalue weighted by Gasteiger charge is 2.12. The van der Waals surface area contributed by atoms with Crippen LogP contribution in [-0.2, 0) is 0 Å². The van der Waals surface area contributed by atoms with E-state index in [0.717, 1.165) is 25.2 Å². The zero-order chi connectivity index (χ0) is 14.2. The van der Waals surface area contributed by atoms with Crippen molar-refractivity contribution in [1.82, 2.24) is 0 Å². The maximum atomic E-state index is 6.13. The van der Waals surface area contributed by atoms with Gasteiger partial charge >= 0.3 is 0 Å². The van der Waals surface area contributed by atoms with Crippen LogP contribution in [0.4, 0.5) is 0 Å². The van der Waals surface area contributed by atoms with E-state index in [1.807, 2.05) is 30.3 Å². The van der Waals surface area contributed by atoms with Crippen molar-refractivity contribution in [2.45, 2.75) is 25.7 Å². The molecule has 0 heterocycles. The molecule has 0 N–H and O–H groups in total. The summed E-state index contributed by atoms with van der Waals surface area (Å²) in [5.74, 6) is 2.01. The lowest BCUT2D eigenvalue weighted by Gasteiger charge is -2.17. The van der Waals surface area contributed by atoms with Crippen molar-refractivity contribution in [2.75, 3.05) is 12.5 Å². The quantitative estimate of drug-likeness (QED) is 0.504. The molecule has 0 fully saturated rings. The van der Waals surface area contributed by atoms with Crippen molar-refractivity contribution in [3.8, 4) is 5.75 Å². The van der Waals surface area contributed by atoms with Crippen LogP contribution < -0.4 is 4.74 Å². The van der Waals surface area contributed by atoms with E-state index >= 15 is 0 Å². The first-order chi connectivity index (χ1) is 9.81. The molecule has 1 nitrogen and oxygen atoms in total. The molecule has 0 aliphatic carbocycles. The van der Waals surface area contributed by atoms with Gasteiger partial charge < -0.3 is 4.74 Å². The van der Waals surface area contributed by atoms with Crippen molar-refractivity contribution < 1.29 is 4.74 Å². The molecular formula is C18H21ClO. The fraction of sp³-hybridized carbons (Fsp3) is 0.333. The van der Waals surface area contributed by atoms with Gasteiger partial charge in [-0.25, -0.2) is 0 Å². The van der Waals surface area contributed by atoms with E-state index in [2.05, 4.69) is 31.2 Å². The predicted octanol–water partition coefficient (Wildman–Crippen LogP) is 5.18. The summed E-state index contributed by atoms with van der Waals surface area (Å²) >= 11 is 6.13. The van der Waals surface area contributed by atoms with E-state index in [9.17, 15) is 0 Å². The number of halogens is 1. The van der Waals surface area contributed by atoms with E-state index in [0.29, 0.717) is 11.8 Å². The number of aryl methyl sites for hydroxylation is 1. The molecule has 0 radical (unpaired) electrons. The fourth-order valence-corrected chi connectivity index (χ4v) is 2.72. The highest BCUT2D eigenvalue weighted by Crippen LogP contribution is 2.25. The summed E-state index contributed by atoms with van der Waals surface area (Å²) < 4.78 is 5.72. The number of para-hydroxylation sites is 1. The van der Waals surface area contributed by atoms with E-state index < -0.39 is 0 Å². The van der Waals surface area contributed by atoms with Crippen molar-refractivity contribution in [2.24, 2.45) is 0 Å². The Morgan fingerprint density at radius 1 is 1.00 bits per heavy atom. The molecule has 0 aromatic heterocycles. The molecule has 106 valence electrons. The van der Waals surface area contributed by atoms with Gasteiger partial charge in [0.15, 0.2) is 0 Å². The van der Waals surface area contributed by atoms with Crippen LogP contribution in [0.5, 0.6) is 5.75 Å². The van der Waals surface area contributed by atoms with E-state index in [-0.39, 0.29) is 0 Å². The summed E-state index contributed by atoms with van der Waals surface area (Å²) in [6, 6.07) is 18.4. The minimum absolute atomic E-state index is 0.414. The molecular weight excluding hydrogens is 268 g/mol. The fourth-order valence-electron chi connectivity index (χ4n) is 2.40. The minimum Gasteiger partial charge on any atom is -0.494 e. The molecule has 0 spiro atoms. The third-order valence-corrected chi connectivity index (χ3v) is 3.90. The van der Waals surface area contributed by atoms with Gasteiger partial charge in [0, 0.05) is 5.88 Å². The van der Waals surface area contributed by atoms with Gasteiger partial charge in [-0.3, -0.25) is 0 Å². The smallest absolute Gasteiger partial charge is 0.119 e. The van der Waals surface area contributed by atoms with Gasteiger partial charge in [0.25, 0.3) is 0 Å². The first kappa shape index (κ1) is 14.9. The normalized spacial score (nSPS) is 12.1. The molecule has 2 heteroatoms. The van der Waals surface area contributed by atoms with Crippen LogP contribution in [0.1, 0.15) is 29.9 Å². The molecule has 0 saturated carbocycles. The van der Waals surface area contributed by atoms with Crippen LogP contribution in [0, 0.1) is 6.92 Å². The second kappa shape index (κ2) is 7.96. The molecule has 0 aliphatic heterocycles. The summed E-state index contributed by atoms with van der Waals surface area (Å²) in [6.07, 6.45) is 2.07. The number of alkyl halides is 1. The highest BCUT2D eigenvalue weighted by molar-refractivity contribution is 6.18. The molecule has 1 atom stereocenters. The van der Waals surface area contributed by atoms with Gasteiger partial charge in [0.05, 0.1) is 6.61 Å². The van der Waals surface area contributed by atoms with E-state index in [1.54, 1.807) is 0 Å². The topological polar surface area (TPSA) is 9.23 Å². The third kappa shape index (κ3) is 4.28. The summed E-state index contributed by atoms with van der Waals surface area (Å²) in [5.41, 5.74) is 2.68. The monoisotopic (exact) mass is 288 g/mol. The lowest BCUT2D eigenvalue weighted by molar-refractivity contribution is 0.303. The average Bonchev–Trinajstić information content (AvgIpc) is 2.50.